The molecule has 0 amide bonds. The van der Waals surface area contributed by atoms with Gasteiger partial charge in [0.1, 0.15) is 12.0 Å². The van der Waals surface area contributed by atoms with Crippen molar-refractivity contribution in [1.82, 2.24) is 0 Å². The van der Waals surface area contributed by atoms with Crippen LogP contribution in [0.5, 0.6) is 0 Å². The SMILES string of the molecule is C=C(/C=C\C=C(\C=O)CO)OCC. The molecule has 0 atom stereocenters. The standard InChI is InChI=1S/C10H14O3/c1-3-13-9(2)5-4-6-10(7-11)8-12/h4-7,12H,2-3,8H2,1H3/b5-4-,10-6-. The average Bonchev–Trinajstić information content (AvgIpc) is 2.13. The van der Waals surface area contributed by atoms with Gasteiger partial charge in [-0.3, -0.25) is 4.79 Å². The Morgan fingerprint density at radius 3 is 2.77 bits per heavy atom. The topological polar surface area (TPSA) is 46.5 Å². The zero-order valence-electron chi connectivity index (χ0n) is 7.69. The monoisotopic (exact) mass is 182 g/mol. The van der Waals surface area contributed by atoms with Gasteiger partial charge < -0.3 is 9.84 Å². The second-order valence-corrected chi connectivity index (χ2v) is 2.28. The zero-order valence-corrected chi connectivity index (χ0v) is 7.69. The van der Waals surface area contributed by atoms with E-state index in [1.165, 1.54) is 6.08 Å². The van der Waals surface area contributed by atoms with Crippen molar-refractivity contribution < 1.29 is 14.6 Å². The summed E-state index contributed by atoms with van der Waals surface area (Å²) >= 11 is 0. The number of allylic oxidation sites excluding steroid dienone is 3. The minimum Gasteiger partial charge on any atom is -0.495 e. The molecule has 0 rings (SSSR count). The van der Waals surface area contributed by atoms with Crippen LogP contribution in [0.25, 0.3) is 0 Å². The summed E-state index contributed by atoms with van der Waals surface area (Å²) in [6, 6.07) is 0. The fraction of sp³-hybridized carbons (Fsp3) is 0.300. The first-order valence-corrected chi connectivity index (χ1v) is 3.99. The highest BCUT2D eigenvalue weighted by molar-refractivity contribution is 5.73. The Labute approximate surface area is 78.0 Å². The molecule has 0 aromatic carbocycles. The average molecular weight is 182 g/mol. The molecule has 0 bridgehead atoms. The molecule has 0 radical (unpaired) electrons. The molecule has 0 aromatic rings. The Morgan fingerprint density at radius 2 is 2.31 bits per heavy atom. The van der Waals surface area contributed by atoms with Crippen LogP contribution in [-0.4, -0.2) is 24.6 Å². The number of carbonyl (C=O) groups excluding carboxylic acids is 1. The van der Waals surface area contributed by atoms with E-state index in [1.807, 2.05) is 6.92 Å². The summed E-state index contributed by atoms with van der Waals surface area (Å²) in [5.41, 5.74) is 0.320. The van der Waals surface area contributed by atoms with E-state index in [2.05, 4.69) is 6.58 Å². The lowest BCUT2D eigenvalue weighted by molar-refractivity contribution is -0.105. The molecule has 3 nitrogen and oxygen atoms in total. The van der Waals surface area contributed by atoms with Crippen molar-refractivity contribution in [2.75, 3.05) is 13.2 Å². The summed E-state index contributed by atoms with van der Waals surface area (Å²) < 4.78 is 5.03. The van der Waals surface area contributed by atoms with E-state index in [4.69, 9.17) is 9.84 Å². The maximum absolute atomic E-state index is 10.2. The van der Waals surface area contributed by atoms with Crippen molar-refractivity contribution >= 4 is 6.29 Å². The molecule has 0 aliphatic heterocycles. The number of rotatable bonds is 6. The molecule has 13 heavy (non-hydrogen) atoms. The number of aldehydes is 1. The smallest absolute Gasteiger partial charge is 0.148 e. The van der Waals surface area contributed by atoms with Gasteiger partial charge in [0.25, 0.3) is 0 Å². The molecule has 0 saturated heterocycles. The second-order valence-electron chi connectivity index (χ2n) is 2.28. The van der Waals surface area contributed by atoms with Crippen molar-refractivity contribution in [3.05, 3.63) is 36.1 Å². The van der Waals surface area contributed by atoms with Crippen LogP contribution >= 0.6 is 0 Å². The van der Waals surface area contributed by atoms with E-state index in [0.717, 1.165) is 0 Å². The van der Waals surface area contributed by atoms with E-state index in [-0.39, 0.29) is 6.61 Å². The van der Waals surface area contributed by atoms with Gasteiger partial charge >= 0.3 is 0 Å². The first-order chi connectivity index (χ1) is 6.24. The molecule has 0 spiro atoms. The molecular formula is C10H14O3. The van der Waals surface area contributed by atoms with Crippen LogP contribution < -0.4 is 0 Å². The maximum atomic E-state index is 10.2. The van der Waals surface area contributed by atoms with Gasteiger partial charge in [0, 0.05) is 5.57 Å². The van der Waals surface area contributed by atoms with Crippen LogP contribution in [0.3, 0.4) is 0 Å². The third kappa shape index (κ3) is 5.87. The summed E-state index contributed by atoms with van der Waals surface area (Å²) in [6.45, 7) is 5.77. The van der Waals surface area contributed by atoms with Crippen LogP contribution in [0.2, 0.25) is 0 Å². The van der Waals surface area contributed by atoms with Crippen molar-refractivity contribution in [3.63, 3.8) is 0 Å². The van der Waals surface area contributed by atoms with E-state index in [9.17, 15) is 4.79 Å². The van der Waals surface area contributed by atoms with Gasteiger partial charge in [0.05, 0.1) is 13.2 Å². The van der Waals surface area contributed by atoms with Gasteiger partial charge in [-0.05, 0) is 13.0 Å². The van der Waals surface area contributed by atoms with Crippen LogP contribution in [0.1, 0.15) is 6.92 Å². The molecular weight excluding hydrogens is 168 g/mol. The quantitative estimate of drug-likeness (QED) is 0.291. The van der Waals surface area contributed by atoms with Gasteiger partial charge in [-0.25, -0.2) is 0 Å². The van der Waals surface area contributed by atoms with Crippen molar-refractivity contribution in [2.24, 2.45) is 0 Å². The number of ether oxygens (including phenoxy) is 1. The molecule has 0 heterocycles. The lowest BCUT2D eigenvalue weighted by atomic mass is 10.3. The summed E-state index contributed by atoms with van der Waals surface area (Å²) in [5.74, 6) is 0.530. The molecule has 1 N–H and O–H groups in total. The first kappa shape index (κ1) is 11.6. The summed E-state index contributed by atoms with van der Waals surface area (Å²) in [6.07, 6.45) is 5.35. The van der Waals surface area contributed by atoms with Gasteiger partial charge in [-0.2, -0.15) is 0 Å². The highest BCUT2D eigenvalue weighted by atomic mass is 16.5. The van der Waals surface area contributed by atoms with E-state index < -0.39 is 0 Å². The first-order valence-electron chi connectivity index (χ1n) is 3.99. The predicted molar refractivity (Wildman–Crippen MR) is 51.1 cm³/mol. The molecule has 0 aliphatic rings. The molecule has 0 unspecified atom stereocenters. The minimum absolute atomic E-state index is 0.255. The maximum Gasteiger partial charge on any atom is 0.148 e. The zero-order chi connectivity index (χ0) is 10.1. The number of carbonyl (C=O) groups is 1. The van der Waals surface area contributed by atoms with E-state index >= 15 is 0 Å². The Balaban J connectivity index is 4.04. The number of hydrogen-bond acceptors (Lipinski definition) is 3. The molecule has 0 aromatic heterocycles. The molecule has 3 heteroatoms. The largest absolute Gasteiger partial charge is 0.495 e. The molecule has 72 valence electrons. The van der Waals surface area contributed by atoms with Gasteiger partial charge in [-0.1, -0.05) is 18.7 Å². The van der Waals surface area contributed by atoms with Crippen LogP contribution in [0.15, 0.2) is 36.1 Å². The van der Waals surface area contributed by atoms with Crippen molar-refractivity contribution in [2.45, 2.75) is 6.92 Å². The van der Waals surface area contributed by atoms with E-state index in [1.54, 1.807) is 12.2 Å². The fourth-order valence-corrected chi connectivity index (χ4v) is 0.642. The van der Waals surface area contributed by atoms with Gasteiger partial charge in [-0.15, -0.1) is 0 Å². The minimum atomic E-state index is -0.255. The van der Waals surface area contributed by atoms with E-state index in [0.29, 0.717) is 24.2 Å². The van der Waals surface area contributed by atoms with Crippen molar-refractivity contribution in [3.8, 4) is 0 Å². The van der Waals surface area contributed by atoms with Gasteiger partial charge in [0.2, 0.25) is 0 Å². The number of hydrogen-bond donors (Lipinski definition) is 1. The van der Waals surface area contributed by atoms with Crippen LogP contribution in [0, 0.1) is 0 Å². The highest BCUT2D eigenvalue weighted by Crippen LogP contribution is 1.96. The lowest BCUT2D eigenvalue weighted by Crippen LogP contribution is -1.90. The molecule has 0 fully saturated rings. The highest BCUT2D eigenvalue weighted by Gasteiger charge is 1.88. The van der Waals surface area contributed by atoms with Crippen LogP contribution in [0.4, 0.5) is 0 Å². The Bertz CT molecular complexity index is 226. The van der Waals surface area contributed by atoms with Crippen molar-refractivity contribution in [1.29, 1.82) is 0 Å². The van der Waals surface area contributed by atoms with Crippen LogP contribution in [-0.2, 0) is 9.53 Å². The number of aliphatic hydroxyl groups is 1. The molecule has 0 saturated carbocycles. The normalized spacial score (nSPS) is 11.7. The molecule has 0 aliphatic carbocycles. The summed E-state index contributed by atoms with van der Waals surface area (Å²) in [5, 5.41) is 8.61. The Hall–Kier alpha value is -1.35. The lowest BCUT2D eigenvalue weighted by Gasteiger charge is -1.98. The summed E-state index contributed by atoms with van der Waals surface area (Å²) in [7, 11) is 0. The fourth-order valence-electron chi connectivity index (χ4n) is 0.642. The van der Waals surface area contributed by atoms with Gasteiger partial charge in [0.15, 0.2) is 0 Å². The number of aliphatic hydroxyl groups excluding tert-OH is 1. The third-order valence-corrected chi connectivity index (χ3v) is 1.26. The summed E-state index contributed by atoms with van der Waals surface area (Å²) in [4.78, 5) is 10.2. The second kappa shape index (κ2) is 7.31. The predicted octanol–water partition coefficient (Wildman–Crippen LogP) is 1.21. The third-order valence-electron chi connectivity index (χ3n) is 1.26. The Morgan fingerprint density at radius 1 is 1.62 bits per heavy atom. The Kier molecular flexibility index (Phi) is 6.55.